The van der Waals surface area contributed by atoms with E-state index in [4.69, 9.17) is 9.47 Å². The van der Waals surface area contributed by atoms with Crippen LogP contribution in [0.5, 0.6) is 11.5 Å². The van der Waals surface area contributed by atoms with Crippen LogP contribution < -0.4 is 9.47 Å². The van der Waals surface area contributed by atoms with Gasteiger partial charge in [-0.25, -0.2) is 0 Å². The monoisotopic (exact) mass is 487 g/mol. The molecule has 0 bridgehead atoms. The summed E-state index contributed by atoms with van der Waals surface area (Å²) in [5.41, 5.74) is 6.63. The number of ether oxygens (including phenoxy) is 2. The van der Waals surface area contributed by atoms with Crippen LogP contribution in [0.2, 0.25) is 0 Å². The molecule has 3 aromatic carbocycles. The van der Waals surface area contributed by atoms with Gasteiger partial charge in [0.15, 0.2) is 11.5 Å². The van der Waals surface area contributed by atoms with Crippen LogP contribution in [0, 0.1) is 0 Å². The Morgan fingerprint density at radius 3 is 2.25 bits per heavy atom. The molecule has 160 valence electrons. The zero-order valence-electron chi connectivity index (χ0n) is 17.9. The van der Waals surface area contributed by atoms with E-state index in [1.54, 1.807) is 14.2 Å². The van der Waals surface area contributed by atoms with Gasteiger partial charge < -0.3 is 14.0 Å². The van der Waals surface area contributed by atoms with Gasteiger partial charge in [0, 0.05) is 33.4 Å². The molecule has 4 nitrogen and oxygen atoms in total. The zero-order chi connectivity index (χ0) is 22.2. The van der Waals surface area contributed by atoms with E-state index in [1.165, 1.54) is 5.56 Å². The fraction of sp³-hybridized carbons (Fsp3) is 0.148. The second-order valence-electron chi connectivity index (χ2n) is 7.76. The minimum Gasteiger partial charge on any atom is -0.493 e. The number of fused-ring (bicyclic) bond motifs is 3. The topological polar surface area (TPSA) is 40.5 Å². The number of carbonyl (C=O) groups is 1. The van der Waals surface area contributed by atoms with E-state index in [2.05, 4.69) is 38.7 Å². The number of hydrogen-bond donors (Lipinski definition) is 0. The van der Waals surface area contributed by atoms with Crippen molar-refractivity contribution in [3.8, 4) is 33.9 Å². The summed E-state index contributed by atoms with van der Waals surface area (Å²) in [7, 11) is 3.29. The molecular weight excluding hydrogens is 466 g/mol. The van der Waals surface area contributed by atoms with Crippen LogP contribution in [0.15, 0.2) is 77.3 Å². The molecular formula is C27H22BrNO3. The SMILES string of the molecule is COc1cc2c(cc1OC)-c1cc(-c3ccccc3)c(C(=O)c3ccc(Br)cc3)n1CC2. The van der Waals surface area contributed by atoms with Gasteiger partial charge in [0.2, 0.25) is 5.78 Å². The van der Waals surface area contributed by atoms with Crippen molar-refractivity contribution in [2.45, 2.75) is 13.0 Å². The number of nitrogens with zero attached hydrogens (tertiary/aromatic N) is 1. The summed E-state index contributed by atoms with van der Waals surface area (Å²) in [6, 6.07) is 23.8. The van der Waals surface area contributed by atoms with Crippen molar-refractivity contribution in [1.82, 2.24) is 4.57 Å². The van der Waals surface area contributed by atoms with Gasteiger partial charge in [-0.05, 0) is 60.0 Å². The second kappa shape index (κ2) is 8.32. The lowest BCUT2D eigenvalue weighted by atomic mass is 9.97. The number of aromatic nitrogens is 1. The number of ketones is 1. The highest BCUT2D eigenvalue weighted by Gasteiger charge is 2.28. The third-order valence-electron chi connectivity index (χ3n) is 5.99. The summed E-state index contributed by atoms with van der Waals surface area (Å²) in [4.78, 5) is 13.7. The molecule has 0 fully saturated rings. The van der Waals surface area contributed by atoms with Crippen molar-refractivity contribution in [3.63, 3.8) is 0 Å². The number of halogens is 1. The van der Waals surface area contributed by atoms with E-state index in [-0.39, 0.29) is 5.78 Å². The average Bonchev–Trinajstić information content (AvgIpc) is 3.23. The van der Waals surface area contributed by atoms with Crippen molar-refractivity contribution in [1.29, 1.82) is 0 Å². The molecule has 4 aromatic rings. The van der Waals surface area contributed by atoms with E-state index in [0.717, 1.165) is 45.6 Å². The Labute approximate surface area is 195 Å². The molecule has 0 spiro atoms. The molecule has 2 heterocycles. The standard InChI is InChI=1S/C27H22BrNO3/c1-31-24-14-19-12-13-29-23(21(19)16-25(24)32-2)15-22(17-6-4-3-5-7-17)26(29)27(30)18-8-10-20(28)11-9-18/h3-11,14-16H,12-13H2,1-2H3. The van der Waals surface area contributed by atoms with Gasteiger partial charge >= 0.3 is 0 Å². The molecule has 0 unspecified atom stereocenters. The van der Waals surface area contributed by atoms with Gasteiger partial charge in [-0.2, -0.15) is 0 Å². The highest BCUT2D eigenvalue weighted by atomic mass is 79.9. The predicted molar refractivity (Wildman–Crippen MR) is 130 cm³/mol. The lowest BCUT2D eigenvalue weighted by Crippen LogP contribution is -2.17. The molecule has 1 aliphatic heterocycles. The quantitative estimate of drug-likeness (QED) is 0.306. The second-order valence-corrected chi connectivity index (χ2v) is 8.68. The summed E-state index contributed by atoms with van der Waals surface area (Å²) >= 11 is 3.46. The largest absolute Gasteiger partial charge is 0.493 e. The minimum absolute atomic E-state index is 0.0199. The first-order valence-electron chi connectivity index (χ1n) is 10.4. The Morgan fingerprint density at radius 1 is 0.875 bits per heavy atom. The van der Waals surface area contributed by atoms with E-state index in [9.17, 15) is 4.79 Å². The van der Waals surface area contributed by atoms with Gasteiger partial charge in [-0.1, -0.05) is 46.3 Å². The molecule has 0 saturated heterocycles. The van der Waals surface area contributed by atoms with E-state index >= 15 is 0 Å². The summed E-state index contributed by atoms with van der Waals surface area (Å²) in [6.07, 6.45) is 0.812. The molecule has 5 heteroatoms. The third-order valence-corrected chi connectivity index (χ3v) is 6.52. The van der Waals surface area contributed by atoms with Gasteiger partial charge in [-0.15, -0.1) is 0 Å². The van der Waals surface area contributed by atoms with Crippen LogP contribution in [0.1, 0.15) is 21.6 Å². The normalized spacial score (nSPS) is 12.1. The van der Waals surface area contributed by atoms with Crippen molar-refractivity contribution < 1.29 is 14.3 Å². The average molecular weight is 488 g/mol. The number of carbonyl (C=O) groups excluding carboxylic acids is 1. The fourth-order valence-corrected chi connectivity index (χ4v) is 4.69. The molecule has 0 N–H and O–H groups in total. The smallest absolute Gasteiger partial charge is 0.210 e. The van der Waals surface area contributed by atoms with E-state index < -0.39 is 0 Å². The first kappa shape index (κ1) is 20.6. The summed E-state index contributed by atoms with van der Waals surface area (Å²) in [5, 5.41) is 0. The van der Waals surface area contributed by atoms with Crippen LogP contribution in [0.3, 0.4) is 0 Å². The number of hydrogen-bond acceptors (Lipinski definition) is 3. The van der Waals surface area contributed by atoms with Gasteiger partial charge in [0.05, 0.1) is 19.9 Å². The van der Waals surface area contributed by atoms with Crippen molar-refractivity contribution in [3.05, 3.63) is 94.1 Å². The lowest BCUT2D eigenvalue weighted by Gasteiger charge is -2.23. The summed E-state index contributed by atoms with van der Waals surface area (Å²) in [6.45, 7) is 0.724. The van der Waals surface area contributed by atoms with Crippen molar-refractivity contribution in [2.24, 2.45) is 0 Å². The number of benzene rings is 3. The summed E-state index contributed by atoms with van der Waals surface area (Å²) in [5.74, 6) is 1.43. The molecule has 0 atom stereocenters. The van der Waals surface area contributed by atoms with Gasteiger partial charge in [-0.3, -0.25) is 4.79 Å². The molecule has 0 aliphatic carbocycles. The van der Waals surface area contributed by atoms with Crippen molar-refractivity contribution in [2.75, 3.05) is 14.2 Å². The molecule has 0 radical (unpaired) electrons. The Kier molecular flexibility index (Phi) is 5.35. The van der Waals surface area contributed by atoms with Crippen LogP contribution >= 0.6 is 15.9 Å². The Bertz CT molecular complexity index is 1310. The summed E-state index contributed by atoms with van der Waals surface area (Å²) < 4.78 is 14.2. The minimum atomic E-state index is 0.0199. The lowest BCUT2D eigenvalue weighted by molar-refractivity contribution is 0.103. The maximum absolute atomic E-state index is 13.7. The van der Waals surface area contributed by atoms with Gasteiger partial charge in [0.25, 0.3) is 0 Å². The van der Waals surface area contributed by atoms with Crippen molar-refractivity contribution >= 4 is 21.7 Å². The molecule has 5 rings (SSSR count). The third kappa shape index (κ3) is 3.43. The molecule has 0 amide bonds. The van der Waals surface area contributed by atoms with E-state index in [0.29, 0.717) is 17.0 Å². The highest BCUT2D eigenvalue weighted by Crippen LogP contribution is 2.42. The molecule has 1 aromatic heterocycles. The Balaban J connectivity index is 1.74. The predicted octanol–water partition coefficient (Wildman–Crippen LogP) is 6.39. The first-order chi connectivity index (χ1) is 15.6. The number of aryl methyl sites for hydroxylation is 1. The van der Waals surface area contributed by atoms with Gasteiger partial charge in [0.1, 0.15) is 0 Å². The van der Waals surface area contributed by atoms with Crippen LogP contribution in [0.25, 0.3) is 22.4 Å². The van der Waals surface area contributed by atoms with Crippen LogP contribution in [-0.4, -0.2) is 24.6 Å². The highest BCUT2D eigenvalue weighted by molar-refractivity contribution is 9.10. The maximum atomic E-state index is 13.7. The molecule has 0 saturated carbocycles. The first-order valence-corrected chi connectivity index (χ1v) is 11.2. The number of rotatable bonds is 5. The molecule has 32 heavy (non-hydrogen) atoms. The Morgan fingerprint density at radius 2 is 1.56 bits per heavy atom. The number of methoxy groups -OCH3 is 2. The Hall–Kier alpha value is -3.31. The zero-order valence-corrected chi connectivity index (χ0v) is 19.5. The fourth-order valence-electron chi connectivity index (χ4n) is 4.42. The molecule has 1 aliphatic rings. The van der Waals surface area contributed by atoms with Crippen LogP contribution in [-0.2, 0) is 13.0 Å². The van der Waals surface area contributed by atoms with E-state index in [1.807, 2.05) is 54.6 Å². The van der Waals surface area contributed by atoms with Crippen LogP contribution in [0.4, 0.5) is 0 Å². The maximum Gasteiger partial charge on any atom is 0.210 e.